The molecule has 4 nitrogen and oxygen atoms in total. The first-order valence-electron chi connectivity index (χ1n) is 7.55. The molecular weight excluding hydrogens is 375 g/mol. The summed E-state index contributed by atoms with van der Waals surface area (Å²) in [6, 6.07) is 6.89. The molecule has 2 N–H and O–H groups in total. The minimum absolute atomic E-state index is 0.114. The summed E-state index contributed by atoms with van der Waals surface area (Å²) in [5.41, 5.74) is -2.91. The maximum atomic E-state index is 13.5. The van der Waals surface area contributed by atoms with Crippen molar-refractivity contribution < 1.29 is 18.3 Å². The summed E-state index contributed by atoms with van der Waals surface area (Å²) in [4.78, 5) is 0. The van der Waals surface area contributed by atoms with E-state index >= 15 is 0 Å². The average molecular weight is 394 g/mol. The molecule has 0 aromatic heterocycles. The maximum absolute atomic E-state index is 13.5. The van der Waals surface area contributed by atoms with Crippen molar-refractivity contribution in [2.24, 2.45) is 10.5 Å². The van der Waals surface area contributed by atoms with E-state index in [0.29, 0.717) is 15.6 Å². The molecule has 2 rings (SSSR count). The van der Waals surface area contributed by atoms with E-state index in [1.165, 1.54) is 0 Å². The van der Waals surface area contributed by atoms with E-state index < -0.39 is 23.7 Å². The summed E-state index contributed by atoms with van der Waals surface area (Å²) in [5.74, 6) is 0. The fraction of sp³-hybridized carbons (Fsp3) is 0.500. The van der Waals surface area contributed by atoms with Crippen LogP contribution in [0.4, 0.5) is 13.2 Å². The van der Waals surface area contributed by atoms with E-state index in [4.69, 9.17) is 23.8 Å². The summed E-state index contributed by atoms with van der Waals surface area (Å²) in [6.45, 7) is 5.30. The molecule has 0 spiro atoms. The number of thiocarbonyl (C=S) groups is 1. The third-order valence-electron chi connectivity index (χ3n) is 3.89. The van der Waals surface area contributed by atoms with E-state index in [9.17, 15) is 18.3 Å². The van der Waals surface area contributed by atoms with E-state index in [2.05, 4.69) is 10.4 Å². The van der Waals surface area contributed by atoms with Gasteiger partial charge in [-0.25, -0.2) is 0 Å². The number of benzene rings is 1. The predicted molar refractivity (Wildman–Crippen MR) is 95.2 cm³/mol. The van der Waals surface area contributed by atoms with Crippen LogP contribution in [0.2, 0.25) is 5.02 Å². The number of alkyl halides is 3. The molecule has 1 aromatic carbocycles. The Bertz CT molecular complexity index is 703. The lowest BCUT2D eigenvalue weighted by molar-refractivity contribution is -0.294. The summed E-state index contributed by atoms with van der Waals surface area (Å²) in [5, 5.41) is 17.5. The van der Waals surface area contributed by atoms with Crippen molar-refractivity contribution in [3.05, 3.63) is 34.9 Å². The predicted octanol–water partition coefficient (Wildman–Crippen LogP) is 4.07. The van der Waals surface area contributed by atoms with E-state index in [-0.39, 0.29) is 17.4 Å². The number of halogens is 4. The van der Waals surface area contributed by atoms with Crippen LogP contribution in [0.15, 0.2) is 29.4 Å². The monoisotopic (exact) mass is 393 g/mol. The Labute approximate surface area is 154 Å². The minimum atomic E-state index is -4.92. The SMILES string of the molecule is CC(C)(C)C1=NN(C(=S)NCc2ccccc2Cl)C(O)(C(F)(F)F)C1. The van der Waals surface area contributed by atoms with Crippen molar-refractivity contribution in [2.45, 2.75) is 45.6 Å². The van der Waals surface area contributed by atoms with Crippen molar-refractivity contribution in [1.82, 2.24) is 10.3 Å². The zero-order valence-electron chi connectivity index (χ0n) is 14.0. The number of hydrazone groups is 1. The zero-order valence-corrected chi connectivity index (χ0v) is 15.6. The smallest absolute Gasteiger partial charge is 0.362 e. The Balaban J connectivity index is 2.24. The molecule has 0 amide bonds. The molecule has 1 aliphatic rings. The quantitative estimate of drug-likeness (QED) is 0.743. The highest BCUT2D eigenvalue weighted by atomic mass is 35.5. The molecule has 25 heavy (non-hydrogen) atoms. The van der Waals surface area contributed by atoms with Gasteiger partial charge in [-0.05, 0) is 23.8 Å². The lowest BCUT2D eigenvalue weighted by Gasteiger charge is -2.34. The first-order chi connectivity index (χ1) is 11.4. The fourth-order valence-corrected chi connectivity index (χ4v) is 2.75. The fourth-order valence-electron chi connectivity index (χ4n) is 2.28. The summed E-state index contributed by atoms with van der Waals surface area (Å²) >= 11 is 11.1. The van der Waals surface area contributed by atoms with Gasteiger partial charge in [0.2, 0.25) is 0 Å². The highest BCUT2D eigenvalue weighted by molar-refractivity contribution is 7.80. The van der Waals surface area contributed by atoms with Crippen LogP contribution in [-0.2, 0) is 6.54 Å². The summed E-state index contributed by atoms with van der Waals surface area (Å²) in [6.07, 6.45) is -5.58. The Morgan fingerprint density at radius 2 is 1.96 bits per heavy atom. The van der Waals surface area contributed by atoms with Gasteiger partial charge in [0.1, 0.15) is 0 Å². The normalized spacial score (nSPS) is 21.3. The topological polar surface area (TPSA) is 47.9 Å². The van der Waals surface area contributed by atoms with Crippen molar-refractivity contribution >= 4 is 34.6 Å². The number of aliphatic hydroxyl groups is 1. The molecule has 1 aromatic rings. The van der Waals surface area contributed by atoms with Crippen LogP contribution >= 0.6 is 23.8 Å². The molecule has 1 aliphatic heterocycles. The van der Waals surface area contributed by atoms with Crippen molar-refractivity contribution in [1.29, 1.82) is 0 Å². The number of nitrogens with zero attached hydrogens (tertiary/aromatic N) is 2. The van der Waals surface area contributed by atoms with Gasteiger partial charge in [-0.1, -0.05) is 50.6 Å². The Hall–Kier alpha value is -1.38. The van der Waals surface area contributed by atoms with Gasteiger partial charge in [0.25, 0.3) is 5.72 Å². The van der Waals surface area contributed by atoms with Gasteiger partial charge in [0, 0.05) is 29.1 Å². The minimum Gasteiger partial charge on any atom is -0.362 e. The second kappa shape index (κ2) is 6.74. The molecule has 1 heterocycles. The van der Waals surface area contributed by atoms with Crippen LogP contribution < -0.4 is 5.32 Å². The average Bonchev–Trinajstić information content (AvgIpc) is 2.85. The summed E-state index contributed by atoms with van der Waals surface area (Å²) < 4.78 is 40.4. The Kier molecular flexibility index (Phi) is 5.37. The highest BCUT2D eigenvalue weighted by Crippen LogP contribution is 2.43. The van der Waals surface area contributed by atoms with Crippen molar-refractivity contribution in [2.75, 3.05) is 0 Å². The van der Waals surface area contributed by atoms with Crippen LogP contribution in [0, 0.1) is 5.41 Å². The highest BCUT2D eigenvalue weighted by Gasteiger charge is 2.63. The van der Waals surface area contributed by atoms with E-state index in [1.54, 1.807) is 45.0 Å². The lowest BCUT2D eigenvalue weighted by Crippen LogP contribution is -2.58. The van der Waals surface area contributed by atoms with Crippen LogP contribution in [-0.4, -0.2) is 32.8 Å². The van der Waals surface area contributed by atoms with Gasteiger partial charge < -0.3 is 10.4 Å². The first-order valence-corrected chi connectivity index (χ1v) is 8.33. The van der Waals surface area contributed by atoms with Crippen LogP contribution in [0.3, 0.4) is 0 Å². The van der Waals surface area contributed by atoms with Gasteiger partial charge in [0.15, 0.2) is 5.11 Å². The lowest BCUT2D eigenvalue weighted by atomic mass is 9.86. The van der Waals surface area contributed by atoms with Gasteiger partial charge in [-0.15, -0.1) is 0 Å². The van der Waals surface area contributed by atoms with Crippen molar-refractivity contribution in [3.8, 4) is 0 Å². The van der Waals surface area contributed by atoms with Crippen LogP contribution in [0.5, 0.6) is 0 Å². The second-order valence-electron chi connectivity index (χ2n) is 6.85. The molecule has 1 unspecified atom stereocenters. The number of nitrogens with one attached hydrogen (secondary N) is 1. The molecule has 0 aliphatic carbocycles. The van der Waals surface area contributed by atoms with E-state index in [1.807, 2.05) is 0 Å². The number of rotatable bonds is 2. The molecular formula is C16H19ClF3N3OS. The van der Waals surface area contributed by atoms with Crippen molar-refractivity contribution in [3.63, 3.8) is 0 Å². The standard InChI is InChI=1S/C16H19ClF3N3OS/c1-14(2,3)12-8-15(24,16(18,19)20)23(22-12)13(25)21-9-10-6-4-5-7-11(10)17/h4-7,24H,8-9H2,1-3H3,(H,21,25). The molecule has 9 heteroatoms. The molecule has 0 bridgehead atoms. The number of hydrogen-bond acceptors (Lipinski definition) is 3. The molecule has 0 saturated carbocycles. The first kappa shape index (κ1) is 19.9. The second-order valence-corrected chi connectivity index (χ2v) is 7.64. The van der Waals surface area contributed by atoms with Gasteiger partial charge in [0.05, 0.1) is 0 Å². The Morgan fingerprint density at radius 1 is 1.36 bits per heavy atom. The van der Waals surface area contributed by atoms with Gasteiger partial charge >= 0.3 is 6.18 Å². The summed E-state index contributed by atoms with van der Waals surface area (Å²) in [7, 11) is 0. The third-order valence-corrected chi connectivity index (χ3v) is 4.57. The third kappa shape index (κ3) is 4.07. The molecule has 0 radical (unpaired) electrons. The zero-order chi connectivity index (χ0) is 19.0. The van der Waals surface area contributed by atoms with Gasteiger partial charge in [-0.3, -0.25) is 0 Å². The maximum Gasteiger partial charge on any atom is 0.438 e. The molecule has 1 atom stereocenters. The largest absolute Gasteiger partial charge is 0.438 e. The van der Waals surface area contributed by atoms with E-state index in [0.717, 1.165) is 0 Å². The Morgan fingerprint density at radius 3 is 2.48 bits per heavy atom. The van der Waals surface area contributed by atoms with Crippen LogP contribution in [0.1, 0.15) is 32.8 Å². The molecule has 0 fully saturated rings. The van der Waals surface area contributed by atoms with Gasteiger partial charge in [-0.2, -0.15) is 23.3 Å². The molecule has 138 valence electrons. The molecule has 0 saturated heterocycles. The van der Waals surface area contributed by atoms with Crippen LogP contribution in [0.25, 0.3) is 0 Å². The number of hydrogen-bond donors (Lipinski definition) is 2.